The van der Waals surface area contributed by atoms with Gasteiger partial charge in [-0.2, -0.15) is 0 Å². The lowest BCUT2D eigenvalue weighted by atomic mass is 9.85. The van der Waals surface area contributed by atoms with Gasteiger partial charge in [-0.3, -0.25) is 0 Å². The van der Waals surface area contributed by atoms with Gasteiger partial charge in [-0.25, -0.2) is 0 Å². The van der Waals surface area contributed by atoms with Crippen LogP contribution >= 0.6 is 0 Å². The monoisotopic (exact) mass is 203 g/mol. The molecule has 0 bridgehead atoms. The molecule has 1 aromatic rings. The lowest BCUT2D eigenvalue weighted by Gasteiger charge is -2.20. The molecule has 1 saturated heterocycles. The molecule has 15 heavy (non-hydrogen) atoms. The quantitative estimate of drug-likeness (QED) is 0.739. The number of rotatable bonds is 1. The molecule has 0 spiro atoms. The minimum absolute atomic E-state index is 0.270. The maximum absolute atomic E-state index is 3.42. The minimum Gasteiger partial charge on any atom is -0.316 e. The van der Waals surface area contributed by atoms with Crippen LogP contribution in [0.2, 0.25) is 0 Å². The van der Waals surface area contributed by atoms with Gasteiger partial charge in [0, 0.05) is 6.54 Å². The number of hydrogen-bond acceptors (Lipinski definition) is 1. The summed E-state index contributed by atoms with van der Waals surface area (Å²) >= 11 is 0. The van der Waals surface area contributed by atoms with Crippen molar-refractivity contribution in [1.29, 1.82) is 0 Å². The van der Waals surface area contributed by atoms with Crippen LogP contribution in [-0.2, 0) is 5.41 Å². The second-order valence-electron chi connectivity index (χ2n) is 5.56. The average Bonchev–Trinajstić information content (AvgIpc) is 2.69. The van der Waals surface area contributed by atoms with Gasteiger partial charge in [-0.05, 0) is 35.4 Å². The molecule has 0 aromatic heterocycles. The Bertz CT molecular complexity index is 312. The molecule has 2 rings (SSSR count). The van der Waals surface area contributed by atoms with Gasteiger partial charge in [0.1, 0.15) is 0 Å². The highest BCUT2D eigenvalue weighted by Crippen LogP contribution is 2.26. The van der Waals surface area contributed by atoms with Gasteiger partial charge in [0.05, 0.1) is 0 Å². The number of benzene rings is 1. The predicted octanol–water partition coefficient (Wildman–Crippen LogP) is 3.06. The smallest absolute Gasteiger partial charge is 0.00206 e. The van der Waals surface area contributed by atoms with Crippen LogP contribution in [0, 0.1) is 0 Å². The SMILES string of the molecule is CC(C)(C)c1ccc(C2CCNC2)cc1. The molecule has 1 fully saturated rings. The molecule has 1 unspecified atom stereocenters. The Balaban J connectivity index is 2.16. The lowest BCUT2D eigenvalue weighted by Crippen LogP contribution is -2.11. The molecule has 0 radical (unpaired) electrons. The fraction of sp³-hybridized carbons (Fsp3) is 0.571. The van der Waals surface area contributed by atoms with Gasteiger partial charge >= 0.3 is 0 Å². The summed E-state index contributed by atoms with van der Waals surface area (Å²) in [6.45, 7) is 9.11. The van der Waals surface area contributed by atoms with Crippen LogP contribution in [-0.4, -0.2) is 13.1 Å². The maximum Gasteiger partial charge on any atom is 0.00206 e. The molecule has 1 aliphatic heterocycles. The van der Waals surface area contributed by atoms with E-state index in [1.165, 1.54) is 24.1 Å². The standard InChI is InChI=1S/C14H21N/c1-14(2,3)13-6-4-11(5-7-13)12-8-9-15-10-12/h4-7,12,15H,8-10H2,1-3H3. The highest BCUT2D eigenvalue weighted by Gasteiger charge is 2.18. The molecule has 0 aliphatic carbocycles. The molecule has 1 heteroatoms. The Morgan fingerprint density at radius 1 is 1.13 bits per heavy atom. The highest BCUT2D eigenvalue weighted by molar-refractivity contribution is 5.30. The van der Waals surface area contributed by atoms with E-state index in [2.05, 4.69) is 50.4 Å². The van der Waals surface area contributed by atoms with Gasteiger partial charge in [0.2, 0.25) is 0 Å². The van der Waals surface area contributed by atoms with Crippen molar-refractivity contribution in [2.75, 3.05) is 13.1 Å². The van der Waals surface area contributed by atoms with E-state index >= 15 is 0 Å². The van der Waals surface area contributed by atoms with Crippen LogP contribution in [0.25, 0.3) is 0 Å². The van der Waals surface area contributed by atoms with Gasteiger partial charge < -0.3 is 5.32 Å². The van der Waals surface area contributed by atoms with E-state index in [0.29, 0.717) is 0 Å². The largest absolute Gasteiger partial charge is 0.316 e. The van der Waals surface area contributed by atoms with E-state index in [1.54, 1.807) is 0 Å². The Morgan fingerprint density at radius 3 is 2.27 bits per heavy atom. The molecule has 1 heterocycles. The van der Waals surface area contributed by atoms with E-state index in [1.807, 2.05) is 0 Å². The van der Waals surface area contributed by atoms with Crippen molar-refractivity contribution in [3.63, 3.8) is 0 Å². The zero-order valence-corrected chi connectivity index (χ0v) is 10.0. The normalized spacial score (nSPS) is 21.9. The molecule has 1 aliphatic rings. The zero-order chi connectivity index (χ0) is 10.9. The van der Waals surface area contributed by atoms with E-state index in [-0.39, 0.29) is 5.41 Å². The third-order valence-electron chi connectivity index (χ3n) is 3.31. The summed E-state index contributed by atoms with van der Waals surface area (Å²) < 4.78 is 0. The molecule has 1 atom stereocenters. The molecular weight excluding hydrogens is 182 g/mol. The summed E-state index contributed by atoms with van der Waals surface area (Å²) in [4.78, 5) is 0. The van der Waals surface area contributed by atoms with Crippen LogP contribution in [0.5, 0.6) is 0 Å². The molecule has 0 amide bonds. The Morgan fingerprint density at radius 2 is 1.80 bits per heavy atom. The summed E-state index contributed by atoms with van der Waals surface area (Å²) in [5, 5.41) is 3.42. The van der Waals surface area contributed by atoms with Crippen LogP contribution < -0.4 is 5.32 Å². The molecule has 1 aromatic carbocycles. The molecular formula is C14H21N. The van der Waals surface area contributed by atoms with Crippen molar-refractivity contribution in [3.8, 4) is 0 Å². The highest BCUT2D eigenvalue weighted by atomic mass is 14.9. The summed E-state index contributed by atoms with van der Waals surface area (Å²) in [7, 11) is 0. The first-order chi connectivity index (χ1) is 7.07. The zero-order valence-electron chi connectivity index (χ0n) is 10.0. The van der Waals surface area contributed by atoms with E-state index in [9.17, 15) is 0 Å². The summed E-state index contributed by atoms with van der Waals surface area (Å²) in [6.07, 6.45) is 1.29. The third kappa shape index (κ3) is 2.40. The van der Waals surface area contributed by atoms with E-state index < -0.39 is 0 Å². The fourth-order valence-corrected chi connectivity index (χ4v) is 2.19. The third-order valence-corrected chi connectivity index (χ3v) is 3.31. The Labute approximate surface area is 92.9 Å². The Kier molecular flexibility index (Phi) is 2.83. The first-order valence-corrected chi connectivity index (χ1v) is 5.88. The molecule has 0 saturated carbocycles. The second-order valence-corrected chi connectivity index (χ2v) is 5.56. The topological polar surface area (TPSA) is 12.0 Å². The maximum atomic E-state index is 3.42. The van der Waals surface area contributed by atoms with Gasteiger partial charge in [0.25, 0.3) is 0 Å². The van der Waals surface area contributed by atoms with Gasteiger partial charge in [0.15, 0.2) is 0 Å². The van der Waals surface area contributed by atoms with Crippen molar-refractivity contribution >= 4 is 0 Å². The van der Waals surface area contributed by atoms with E-state index in [0.717, 1.165) is 12.5 Å². The molecule has 82 valence electrons. The van der Waals surface area contributed by atoms with Gasteiger partial charge in [-0.15, -0.1) is 0 Å². The lowest BCUT2D eigenvalue weighted by molar-refractivity contribution is 0.589. The number of nitrogens with one attached hydrogen (secondary N) is 1. The minimum atomic E-state index is 0.270. The second kappa shape index (κ2) is 3.97. The van der Waals surface area contributed by atoms with Crippen LogP contribution in [0.15, 0.2) is 24.3 Å². The van der Waals surface area contributed by atoms with Crippen LogP contribution in [0.3, 0.4) is 0 Å². The fourth-order valence-electron chi connectivity index (χ4n) is 2.19. The van der Waals surface area contributed by atoms with Crippen LogP contribution in [0.4, 0.5) is 0 Å². The van der Waals surface area contributed by atoms with Crippen molar-refractivity contribution in [2.45, 2.75) is 38.5 Å². The van der Waals surface area contributed by atoms with Crippen molar-refractivity contribution < 1.29 is 0 Å². The predicted molar refractivity (Wildman–Crippen MR) is 65.4 cm³/mol. The Hall–Kier alpha value is -0.820. The summed E-state index contributed by atoms with van der Waals surface area (Å²) in [5.41, 5.74) is 3.19. The van der Waals surface area contributed by atoms with Crippen molar-refractivity contribution in [3.05, 3.63) is 35.4 Å². The average molecular weight is 203 g/mol. The number of hydrogen-bond donors (Lipinski definition) is 1. The van der Waals surface area contributed by atoms with Gasteiger partial charge in [-0.1, -0.05) is 45.0 Å². The van der Waals surface area contributed by atoms with Crippen molar-refractivity contribution in [2.24, 2.45) is 0 Å². The van der Waals surface area contributed by atoms with Crippen LogP contribution in [0.1, 0.15) is 44.2 Å². The summed E-state index contributed by atoms with van der Waals surface area (Å²) in [5.74, 6) is 0.735. The molecule has 1 nitrogen and oxygen atoms in total. The van der Waals surface area contributed by atoms with Crippen molar-refractivity contribution in [1.82, 2.24) is 5.32 Å². The first kappa shape index (κ1) is 10.7. The summed E-state index contributed by atoms with van der Waals surface area (Å²) in [6, 6.07) is 9.18. The molecule has 1 N–H and O–H groups in total. The van der Waals surface area contributed by atoms with E-state index in [4.69, 9.17) is 0 Å². The first-order valence-electron chi connectivity index (χ1n) is 5.88.